The van der Waals surface area contributed by atoms with E-state index < -0.39 is 49.4 Å². The first kappa shape index (κ1) is 52.7. The molecular formula is C41H39GdN8O8PtS2. The van der Waals surface area contributed by atoms with Crippen molar-refractivity contribution in [2.75, 3.05) is 69.5 Å². The quantitative estimate of drug-likeness (QED) is 0.0932. The molecule has 61 heavy (non-hydrogen) atoms. The van der Waals surface area contributed by atoms with E-state index >= 15 is 0 Å². The van der Waals surface area contributed by atoms with E-state index in [1.807, 2.05) is 54.6 Å². The van der Waals surface area contributed by atoms with Crippen molar-refractivity contribution in [3.8, 4) is 22.8 Å². The summed E-state index contributed by atoms with van der Waals surface area (Å²) in [6, 6.07) is 30.3. The maximum Gasteiger partial charge on any atom is 3.00 e. The van der Waals surface area contributed by atoms with Crippen molar-refractivity contribution in [1.29, 1.82) is 0 Å². The number of amides is 2. The molecule has 0 aliphatic heterocycles. The summed E-state index contributed by atoms with van der Waals surface area (Å²) in [4.78, 5) is 77.0. The molecule has 16 nitrogen and oxygen atoms in total. The van der Waals surface area contributed by atoms with Gasteiger partial charge < -0.3 is 65.6 Å². The maximum absolute atomic E-state index is 12.5. The number of anilines is 2. The molecule has 3 heterocycles. The minimum absolute atomic E-state index is 0. The molecule has 0 fully saturated rings. The fraction of sp³-hybridized carbons (Fsp3) is 0.220. The van der Waals surface area contributed by atoms with E-state index in [0.717, 1.165) is 22.8 Å². The molecule has 0 unspecified atom stereocenters. The monoisotopic (exact) mass is 1190 g/mol. The van der Waals surface area contributed by atoms with Gasteiger partial charge in [0.2, 0.25) is 11.8 Å². The Balaban J connectivity index is 0.000000530. The van der Waals surface area contributed by atoms with Crippen molar-refractivity contribution in [2.24, 2.45) is 0 Å². The molecule has 0 aliphatic carbocycles. The largest absolute Gasteiger partial charge is 3.00 e. The number of carboxylic acids is 3. The molecule has 3 aromatic heterocycles. The Morgan fingerprint density at radius 3 is 1.16 bits per heavy atom. The van der Waals surface area contributed by atoms with Crippen molar-refractivity contribution < 1.29 is 100 Å². The van der Waals surface area contributed by atoms with E-state index in [1.54, 1.807) is 60.9 Å². The average Bonchev–Trinajstić information content (AvgIpc) is 3.21. The molecule has 0 saturated carbocycles. The van der Waals surface area contributed by atoms with Gasteiger partial charge in [-0.25, -0.2) is 4.98 Å². The van der Waals surface area contributed by atoms with Gasteiger partial charge in [0.1, 0.15) is 0 Å². The number of carboxylic acid groups (broad SMARTS) is 3. The number of pyridine rings is 3. The van der Waals surface area contributed by atoms with Crippen LogP contribution in [0.15, 0.2) is 125 Å². The Labute approximate surface area is 410 Å². The van der Waals surface area contributed by atoms with Crippen molar-refractivity contribution in [1.82, 2.24) is 29.7 Å². The Morgan fingerprint density at radius 1 is 0.475 bits per heavy atom. The van der Waals surface area contributed by atoms with Crippen LogP contribution in [0.5, 0.6) is 0 Å². The number of hydrogen-bond acceptors (Lipinski definition) is 16. The summed E-state index contributed by atoms with van der Waals surface area (Å²) in [6.45, 7) is -2.52. The van der Waals surface area contributed by atoms with Gasteiger partial charge in [-0.3, -0.25) is 34.3 Å². The zero-order valence-corrected chi connectivity index (χ0v) is 38.4. The number of nitrogens with one attached hydrogen (secondary N) is 2. The number of nitrogens with zero attached hydrogens (tertiary/aromatic N) is 6. The van der Waals surface area contributed by atoms with E-state index in [1.165, 1.54) is 14.7 Å². The normalized spacial score (nSPS) is 10.4. The molecule has 20 heteroatoms. The van der Waals surface area contributed by atoms with Crippen LogP contribution in [0.4, 0.5) is 11.4 Å². The second-order valence-corrected chi connectivity index (χ2v) is 13.7. The summed E-state index contributed by atoms with van der Waals surface area (Å²) >= 11 is 10.00. The van der Waals surface area contributed by atoms with Gasteiger partial charge in [0.05, 0.1) is 53.8 Å². The van der Waals surface area contributed by atoms with E-state index in [9.17, 15) is 39.3 Å². The van der Waals surface area contributed by atoms with Crippen LogP contribution in [0, 0.1) is 39.9 Å². The number of carbonyl (C=O) groups is 5. The molecule has 2 amide bonds. The fourth-order valence-electron chi connectivity index (χ4n) is 5.44. The first-order valence-electron chi connectivity index (χ1n) is 18.0. The van der Waals surface area contributed by atoms with Crippen LogP contribution in [0.1, 0.15) is 0 Å². The first-order chi connectivity index (χ1) is 28.3. The van der Waals surface area contributed by atoms with E-state index in [2.05, 4.69) is 25.6 Å². The molecule has 0 spiro atoms. The molecule has 0 atom stereocenters. The van der Waals surface area contributed by atoms with Gasteiger partial charge in [-0.2, -0.15) is 9.79 Å². The summed E-state index contributed by atoms with van der Waals surface area (Å²) in [5.41, 5.74) is 4.39. The van der Waals surface area contributed by atoms with Gasteiger partial charge in [0.25, 0.3) is 0 Å². The predicted octanol–water partition coefficient (Wildman–Crippen LogP) is -0.566. The molecule has 321 valence electrons. The average molecular weight is 1190 g/mol. The van der Waals surface area contributed by atoms with Crippen molar-refractivity contribution >= 4 is 66.4 Å². The molecule has 2 aromatic carbocycles. The second kappa shape index (κ2) is 28.2. The Kier molecular flexibility index (Phi) is 24.4. The molecule has 2 N–H and O–H groups in total. The summed E-state index contributed by atoms with van der Waals surface area (Å²) in [5, 5.41) is 39.1. The number of rotatable bonds is 20. The summed E-state index contributed by atoms with van der Waals surface area (Å²) in [7, 11) is 0. The summed E-state index contributed by atoms with van der Waals surface area (Å²) < 4.78 is 0. The van der Waals surface area contributed by atoms with E-state index in [-0.39, 0.29) is 100 Å². The molecule has 5 aromatic rings. The van der Waals surface area contributed by atoms with Gasteiger partial charge in [-0.15, -0.1) is 0 Å². The number of aliphatic carboxylic acids is 3. The van der Waals surface area contributed by atoms with Crippen LogP contribution in [0.2, 0.25) is 0 Å². The second-order valence-electron chi connectivity index (χ2n) is 12.8. The van der Waals surface area contributed by atoms with Crippen molar-refractivity contribution in [3.05, 3.63) is 116 Å². The third-order valence-electron chi connectivity index (χ3n) is 8.14. The Bertz CT molecular complexity index is 2010. The molecule has 0 saturated heterocycles. The number of benzene rings is 2. The van der Waals surface area contributed by atoms with E-state index in [0.29, 0.717) is 21.2 Å². The van der Waals surface area contributed by atoms with Crippen LogP contribution in [0.3, 0.4) is 0 Å². The third kappa shape index (κ3) is 20.8. The van der Waals surface area contributed by atoms with Gasteiger partial charge in [0, 0.05) is 69.6 Å². The predicted molar refractivity (Wildman–Crippen MR) is 216 cm³/mol. The smallest absolute Gasteiger partial charge is 0.780 e. The van der Waals surface area contributed by atoms with Gasteiger partial charge in [-0.1, -0.05) is 42.5 Å². The Hall–Kier alpha value is -4.43. The number of aromatic nitrogens is 3. The topological polar surface area (TPSA) is 227 Å². The van der Waals surface area contributed by atoms with Crippen LogP contribution in [0.25, 0.3) is 22.8 Å². The third-order valence-corrected chi connectivity index (χ3v) is 8.68. The van der Waals surface area contributed by atoms with Crippen LogP contribution in [-0.4, -0.2) is 118 Å². The standard InChI is InChI=1S/C26H33N5O8S2.C15H11N3.Gd.Pt/c32-22(27-18-1-5-20(40)6-2-18)13-30(16-25(36)37)11-9-29(15-24(34)35)10-12-31(17-26(38)39)14-23(33)28-19-3-7-21(41)8-4-19;1-3-10-16-12(6-1)14-8-5-9-15(18-14)13-7-2-4-11-17-13;;/h1-8,40-41H,9-17H2,(H,27,32)(H,28,33)(H,34,35)(H,36,37)(H,38,39);1-11H;;/q;;+3;+2/p-5. The number of hydrogen-bond donors (Lipinski definition) is 2. The van der Waals surface area contributed by atoms with Crippen molar-refractivity contribution in [2.45, 2.75) is 9.79 Å². The molecular weight excluding hydrogens is 1150 g/mol. The van der Waals surface area contributed by atoms with Crippen LogP contribution >= 0.6 is 0 Å². The molecule has 1 radical (unpaired) electrons. The van der Waals surface area contributed by atoms with Gasteiger partial charge in [-0.05, 0) is 60.7 Å². The summed E-state index contributed by atoms with van der Waals surface area (Å²) in [6.07, 6.45) is 3.54. The maximum atomic E-state index is 12.5. The SMILES string of the molecule is O=C([O-])CN(CCN(CC(=O)[O-])CC(=O)Nc1ccc([S-])cc1)CCN(CC(=O)[O-])CC(=O)Nc1ccc([S-])cc1.[Gd+3].[Pt+2].c1ccc(-c2cccc(-c3ccccn3)n2)nc1. The first-order valence-corrected chi connectivity index (χ1v) is 18.8. The van der Waals surface area contributed by atoms with Crippen LogP contribution in [-0.2, 0) is 70.3 Å². The van der Waals surface area contributed by atoms with Crippen molar-refractivity contribution in [3.63, 3.8) is 0 Å². The van der Waals surface area contributed by atoms with E-state index in [4.69, 9.17) is 25.3 Å². The zero-order chi connectivity index (χ0) is 42.6. The minimum atomic E-state index is -1.44. The molecule has 0 aliphatic rings. The molecule has 5 rings (SSSR count). The van der Waals surface area contributed by atoms with Gasteiger partial charge in [0.15, 0.2) is 0 Å². The molecule has 0 bridgehead atoms. The van der Waals surface area contributed by atoms with Crippen LogP contribution < -0.4 is 26.0 Å². The fourth-order valence-corrected chi connectivity index (χ4v) is 5.72. The Morgan fingerprint density at radius 2 is 0.820 bits per heavy atom. The summed E-state index contributed by atoms with van der Waals surface area (Å²) in [5.74, 6) is -5.32. The van der Waals surface area contributed by atoms with Gasteiger partial charge >= 0.3 is 61.0 Å². The minimum Gasteiger partial charge on any atom is -0.780 e. The number of carbonyl (C=O) groups excluding carboxylic acids is 5. The zero-order valence-electron chi connectivity index (χ0n) is 32.3.